The maximum absolute atomic E-state index is 13.6. The van der Waals surface area contributed by atoms with Crippen LogP contribution in [-0.4, -0.2) is 113 Å². The van der Waals surface area contributed by atoms with Crippen molar-refractivity contribution in [1.82, 2.24) is 9.80 Å². The van der Waals surface area contributed by atoms with Gasteiger partial charge in [-0.3, -0.25) is 19.4 Å². The molecule has 0 aromatic heterocycles. The van der Waals surface area contributed by atoms with Gasteiger partial charge in [0.1, 0.15) is 0 Å². The van der Waals surface area contributed by atoms with Crippen molar-refractivity contribution in [2.45, 2.75) is 57.0 Å². The van der Waals surface area contributed by atoms with Crippen LogP contribution in [0.4, 0.5) is 11.4 Å². The molecule has 0 N–H and O–H groups in total. The summed E-state index contributed by atoms with van der Waals surface area (Å²) in [5.74, 6) is 0.400. The van der Waals surface area contributed by atoms with Crippen LogP contribution in [-0.2, 0) is 22.3 Å². The van der Waals surface area contributed by atoms with Crippen molar-refractivity contribution in [2.24, 2.45) is 0 Å². The van der Waals surface area contributed by atoms with Crippen LogP contribution in [0.5, 0.6) is 0 Å². The lowest BCUT2D eigenvalue weighted by molar-refractivity contribution is 0.0642. The molecular formula is C47H62N4O4. The first-order chi connectivity index (χ1) is 26.6. The number of benzene rings is 4. The van der Waals surface area contributed by atoms with Gasteiger partial charge in [-0.25, -0.2) is 0 Å². The number of aryl methyl sites for hydroxylation is 1. The Morgan fingerprint density at radius 2 is 0.927 bits per heavy atom. The van der Waals surface area contributed by atoms with Crippen LogP contribution in [0.1, 0.15) is 65.0 Å². The number of morpholine rings is 2. The average molecular weight is 747 g/mol. The van der Waals surface area contributed by atoms with Crippen LogP contribution < -0.4 is 9.80 Å². The highest BCUT2D eigenvalue weighted by Crippen LogP contribution is 2.31. The Labute approximate surface area is 330 Å². The summed E-state index contributed by atoms with van der Waals surface area (Å²) < 4.78 is 10.9. The number of ether oxygens (including phenoxy) is 2. The fourth-order valence-electron chi connectivity index (χ4n) is 7.99. The first-order valence-electron chi connectivity index (χ1n) is 20.0. The molecule has 0 amide bonds. The number of nitrogens with zero attached hydrogens (tertiary/aromatic N) is 4. The molecule has 0 radical (unpaired) electrons. The number of anilines is 2. The van der Waals surface area contributed by atoms with E-state index in [1.807, 2.05) is 76.7 Å². The Morgan fingerprint density at radius 3 is 1.31 bits per heavy atom. The molecule has 294 valence electrons. The molecular weight excluding hydrogens is 685 g/mol. The van der Waals surface area contributed by atoms with Gasteiger partial charge in [0.25, 0.3) is 0 Å². The summed E-state index contributed by atoms with van der Waals surface area (Å²) in [4.78, 5) is 35.9. The molecule has 55 heavy (non-hydrogen) atoms. The third-order valence-corrected chi connectivity index (χ3v) is 11.7. The molecule has 0 aliphatic carbocycles. The van der Waals surface area contributed by atoms with Crippen LogP contribution >= 0.6 is 0 Å². The van der Waals surface area contributed by atoms with Gasteiger partial charge in [-0.2, -0.15) is 0 Å². The van der Waals surface area contributed by atoms with E-state index in [-0.39, 0.29) is 11.6 Å². The van der Waals surface area contributed by atoms with Gasteiger partial charge in [0.15, 0.2) is 11.6 Å². The highest BCUT2D eigenvalue weighted by atomic mass is 16.5. The smallest absolute Gasteiger partial charge is 0.183 e. The van der Waals surface area contributed by atoms with E-state index in [1.165, 1.54) is 11.1 Å². The van der Waals surface area contributed by atoms with Crippen molar-refractivity contribution >= 4 is 22.9 Å². The Kier molecular flexibility index (Phi) is 15.2. The van der Waals surface area contributed by atoms with Crippen molar-refractivity contribution in [3.8, 4) is 0 Å². The zero-order valence-electron chi connectivity index (χ0n) is 34.0. The predicted octanol–water partition coefficient (Wildman–Crippen LogP) is 7.71. The van der Waals surface area contributed by atoms with Gasteiger partial charge < -0.3 is 19.3 Å². The molecule has 0 spiro atoms. The van der Waals surface area contributed by atoms with Crippen molar-refractivity contribution in [2.75, 3.05) is 90.6 Å². The Morgan fingerprint density at radius 1 is 0.545 bits per heavy atom. The molecule has 8 nitrogen and oxygen atoms in total. The first kappa shape index (κ1) is 41.8. The second kappa shape index (κ2) is 20.0. The molecule has 2 aliphatic rings. The molecule has 4 aromatic carbocycles. The van der Waals surface area contributed by atoms with Gasteiger partial charge >= 0.3 is 0 Å². The first-order valence-corrected chi connectivity index (χ1v) is 20.0. The highest BCUT2D eigenvalue weighted by molar-refractivity contribution is 6.04. The summed E-state index contributed by atoms with van der Waals surface area (Å²) in [6.45, 7) is 10.9. The molecule has 2 atom stereocenters. The zero-order chi connectivity index (χ0) is 39.3. The van der Waals surface area contributed by atoms with Crippen molar-refractivity contribution < 1.29 is 19.1 Å². The van der Waals surface area contributed by atoms with Gasteiger partial charge in [0, 0.05) is 48.7 Å². The molecule has 6 rings (SSSR count). The van der Waals surface area contributed by atoms with Crippen LogP contribution in [0.2, 0.25) is 0 Å². The molecule has 2 fully saturated rings. The number of hydrogen-bond acceptors (Lipinski definition) is 8. The lowest BCUT2D eigenvalue weighted by Gasteiger charge is -2.38. The number of carbonyl (C=O) groups excluding carboxylic acids is 2. The number of carbonyl (C=O) groups is 2. The number of hydrogen-bond donors (Lipinski definition) is 0. The van der Waals surface area contributed by atoms with E-state index in [0.717, 1.165) is 101 Å². The van der Waals surface area contributed by atoms with Gasteiger partial charge in [-0.15, -0.1) is 0 Å². The number of Topliss-reactive ketones (excluding diaryl/α,β-unsaturated/α-hetero) is 2. The molecule has 2 heterocycles. The number of rotatable bonds is 15. The quantitative estimate of drug-likeness (QED) is 0.115. The Hall–Kier alpha value is -4.34. The summed E-state index contributed by atoms with van der Waals surface area (Å²) in [6, 6.07) is 36.9. The van der Waals surface area contributed by atoms with E-state index in [1.54, 1.807) is 0 Å². The van der Waals surface area contributed by atoms with E-state index in [4.69, 9.17) is 9.47 Å². The summed E-state index contributed by atoms with van der Waals surface area (Å²) in [6.07, 6.45) is 3.96. The standard InChI is InChI=1S/C24H32N2O2.C23H30N2O2/c1-4-24(25(2)3,15-14-20-8-6-5-7-9-20)23(27)21-10-12-22(13-11-21)26-16-18-28-19-17-26;1-4-23(24(2)3,18-19-8-6-5-7-9-19)22(26)20-10-12-21(13-11-20)25-14-16-27-17-15-25/h5-13H,4,14-19H2,1-3H3;5-13H,4,14-18H2,1-3H3. The maximum Gasteiger partial charge on any atom is 0.183 e. The second-order valence-corrected chi connectivity index (χ2v) is 15.2. The molecule has 8 heteroatoms. The third kappa shape index (κ3) is 10.3. The van der Waals surface area contributed by atoms with Crippen LogP contribution in [0.3, 0.4) is 0 Å². The van der Waals surface area contributed by atoms with E-state index in [9.17, 15) is 9.59 Å². The van der Waals surface area contributed by atoms with Crippen LogP contribution in [0, 0.1) is 0 Å². The Balaban J connectivity index is 0.000000211. The van der Waals surface area contributed by atoms with Gasteiger partial charge in [0.2, 0.25) is 0 Å². The normalized spacial score (nSPS) is 16.9. The summed E-state index contributed by atoms with van der Waals surface area (Å²) in [5.41, 5.74) is 5.32. The molecule has 4 aromatic rings. The zero-order valence-corrected chi connectivity index (χ0v) is 34.0. The van der Waals surface area contributed by atoms with E-state index >= 15 is 0 Å². The van der Waals surface area contributed by atoms with Crippen LogP contribution in [0.15, 0.2) is 109 Å². The largest absolute Gasteiger partial charge is 0.378 e. The molecule has 2 aliphatic heterocycles. The molecule has 0 saturated carbocycles. The predicted molar refractivity (Wildman–Crippen MR) is 226 cm³/mol. The highest BCUT2D eigenvalue weighted by Gasteiger charge is 2.40. The van der Waals surface area contributed by atoms with Gasteiger partial charge in [-0.1, -0.05) is 74.5 Å². The minimum atomic E-state index is -0.540. The number of likely N-dealkylation sites (N-methyl/N-ethyl adjacent to an activating group) is 2. The fourth-order valence-corrected chi connectivity index (χ4v) is 7.99. The van der Waals surface area contributed by atoms with Crippen LogP contribution in [0.25, 0.3) is 0 Å². The maximum atomic E-state index is 13.6. The van der Waals surface area contributed by atoms with Crippen molar-refractivity contribution in [3.05, 3.63) is 131 Å². The summed E-state index contributed by atoms with van der Waals surface area (Å²) >= 11 is 0. The lowest BCUT2D eigenvalue weighted by atomic mass is 9.80. The third-order valence-electron chi connectivity index (χ3n) is 11.7. The number of ketones is 2. The Bertz CT molecular complexity index is 1750. The summed E-state index contributed by atoms with van der Waals surface area (Å²) in [5, 5.41) is 0. The average Bonchev–Trinajstić information content (AvgIpc) is 3.24. The van der Waals surface area contributed by atoms with Gasteiger partial charge in [-0.05, 0) is 120 Å². The lowest BCUT2D eigenvalue weighted by Crippen LogP contribution is -2.52. The fraction of sp³-hybridized carbons (Fsp3) is 0.447. The second-order valence-electron chi connectivity index (χ2n) is 15.2. The topological polar surface area (TPSA) is 65.6 Å². The molecule has 0 bridgehead atoms. The molecule has 2 saturated heterocycles. The SMILES string of the molecule is CCC(CCc1ccccc1)(C(=O)c1ccc(N2CCOCC2)cc1)N(C)C.CCC(Cc1ccccc1)(C(=O)c1ccc(N2CCOCC2)cc1)N(C)C. The van der Waals surface area contributed by atoms with E-state index in [2.05, 4.69) is 94.1 Å². The van der Waals surface area contributed by atoms with Crippen molar-refractivity contribution in [3.63, 3.8) is 0 Å². The minimum absolute atomic E-state index is 0.187. The monoisotopic (exact) mass is 746 g/mol. The minimum Gasteiger partial charge on any atom is -0.378 e. The van der Waals surface area contributed by atoms with E-state index < -0.39 is 11.1 Å². The van der Waals surface area contributed by atoms with E-state index in [0.29, 0.717) is 6.42 Å². The van der Waals surface area contributed by atoms with Gasteiger partial charge in [0.05, 0.1) is 37.5 Å². The summed E-state index contributed by atoms with van der Waals surface area (Å²) in [7, 11) is 8.06. The molecule has 2 unspecified atom stereocenters. The van der Waals surface area contributed by atoms with Crippen molar-refractivity contribution in [1.29, 1.82) is 0 Å².